The van der Waals surface area contributed by atoms with Crippen LogP contribution in [0.2, 0.25) is 0 Å². The third-order valence-corrected chi connectivity index (χ3v) is 4.68. The lowest BCUT2D eigenvalue weighted by Gasteiger charge is -2.35. The van der Waals surface area contributed by atoms with Crippen molar-refractivity contribution < 1.29 is 9.59 Å². The first-order valence-electron chi connectivity index (χ1n) is 9.15. The second kappa shape index (κ2) is 7.73. The summed E-state index contributed by atoms with van der Waals surface area (Å²) in [5, 5.41) is 0. The first-order chi connectivity index (χ1) is 12.8. The second-order valence-corrected chi connectivity index (χ2v) is 7.10. The number of aromatic nitrogens is 2. The van der Waals surface area contributed by atoms with Crippen molar-refractivity contribution in [3.63, 3.8) is 0 Å². The maximum absolute atomic E-state index is 12.7. The number of carbonyl (C=O) groups is 2. The van der Waals surface area contributed by atoms with E-state index in [0.29, 0.717) is 24.2 Å². The Kier molecular flexibility index (Phi) is 5.39. The summed E-state index contributed by atoms with van der Waals surface area (Å²) in [5.41, 5.74) is 7.16. The van der Waals surface area contributed by atoms with E-state index >= 15 is 0 Å². The fraction of sp³-hybridized carbons (Fsp3) is 0.400. The first kappa shape index (κ1) is 18.8. The summed E-state index contributed by atoms with van der Waals surface area (Å²) in [6.07, 6.45) is 0. The third-order valence-electron chi connectivity index (χ3n) is 4.68. The monoisotopic (exact) mass is 367 g/mol. The van der Waals surface area contributed by atoms with Crippen LogP contribution in [0.3, 0.4) is 0 Å². The number of benzene rings is 1. The number of nitrogens with two attached hydrogens (primary N) is 1. The SMILES string of the molecule is Cc1cc(N2CCN(C(=O)c3ccc(C(N)=O)cc3)CC2)nc(C(C)C)n1. The standard InChI is InChI=1S/C20H25N5O2/c1-13(2)19-22-14(3)12-17(23-19)24-8-10-25(11-9-24)20(27)16-6-4-15(5-7-16)18(21)26/h4-7,12-13H,8-11H2,1-3H3,(H2,21,26). The quantitative estimate of drug-likeness (QED) is 0.892. The highest BCUT2D eigenvalue weighted by molar-refractivity contribution is 5.97. The van der Waals surface area contributed by atoms with Crippen LogP contribution in [0.25, 0.3) is 0 Å². The fourth-order valence-electron chi connectivity index (χ4n) is 3.09. The molecule has 2 N–H and O–H groups in total. The van der Waals surface area contributed by atoms with Gasteiger partial charge >= 0.3 is 0 Å². The van der Waals surface area contributed by atoms with Crippen molar-refractivity contribution in [3.05, 3.63) is 53.0 Å². The van der Waals surface area contributed by atoms with E-state index in [-0.39, 0.29) is 11.8 Å². The van der Waals surface area contributed by atoms with E-state index in [9.17, 15) is 9.59 Å². The Balaban J connectivity index is 1.66. The Morgan fingerprint density at radius 3 is 2.15 bits per heavy atom. The van der Waals surface area contributed by atoms with E-state index in [1.807, 2.05) is 17.9 Å². The van der Waals surface area contributed by atoms with E-state index < -0.39 is 5.91 Å². The fourth-order valence-corrected chi connectivity index (χ4v) is 3.09. The van der Waals surface area contributed by atoms with Crippen molar-refractivity contribution in [2.45, 2.75) is 26.7 Å². The highest BCUT2D eigenvalue weighted by atomic mass is 16.2. The number of hydrogen-bond acceptors (Lipinski definition) is 5. The lowest BCUT2D eigenvalue weighted by Crippen LogP contribution is -2.49. The predicted molar refractivity (Wildman–Crippen MR) is 104 cm³/mol. The molecule has 2 amide bonds. The Morgan fingerprint density at radius 1 is 1.00 bits per heavy atom. The van der Waals surface area contributed by atoms with Crippen LogP contribution >= 0.6 is 0 Å². The molecular weight excluding hydrogens is 342 g/mol. The molecule has 27 heavy (non-hydrogen) atoms. The molecule has 1 aromatic carbocycles. The summed E-state index contributed by atoms with van der Waals surface area (Å²) < 4.78 is 0. The van der Waals surface area contributed by atoms with Gasteiger partial charge in [-0.1, -0.05) is 13.8 Å². The van der Waals surface area contributed by atoms with Gasteiger partial charge in [0.25, 0.3) is 5.91 Å². The van der Waals surface area contributed by atoms with Crippen molar-refractivity contribution >= 4 is 17.6 Å². The van der Waals surface area contributed by atoms with Crippen LogP contribution in [0.1, 0.15) is 52.0 Å². The largest absolute Gasteiger partial charge is 0.366 e. The average Bonchev–Trinajstić information content (AvgIpc) is 2.67. The second-order valence-electron chi connectivity index (χ2n) is 7.10. The summed E-state index contributed by atoms with van der Waals surface area (Å²) in [7, 11) is 0. The molecular formula is C20H25N5O2. The van der Waals surface area contributed by atoms with Crippen LogP contribution < -0.4 is 10.6 Å². The number of amides is 2. The van der Waals surface area contributed by atoms with E-state index in [1.165, 1.54) is 0 Å². The number of piperazine rings is 1. The Labute approximate surface area is 159 Å². The molecule has 0 radical (unpaired) electrons. The molecule has 142 valence electrons. The number of anilines is 1. The molecule has 2 aromatic rings. The lowest BCUT2D eigenvalue weighted by atomic mass is 10.1. The van der Waals surface area contributed by atoms with Gasteiger partial charge in [-0.05, 0) is 31.2 Å². The Hall–Kier alpha value is -2.96. The zero-order valence-corrected chi connectivity index (χ0v) is 16.0. The maximum Gasteiger partial charge on any atom is 0.253 e. The smallest absolute Gasteiger partial charge is 0.253 e. The molecule has 0 unspecified atom stereocenters. The van der Waals surface area contributed by atoms with Crippen molar-refractivity contribution in [1.82, 2.24) is 14.9 Å². The van der Waals surface area contributed by atoms with Crippen molar-refractivity contribution in [2.75, 3.05) is 31.1 Å². The van der Waals surface area contributed by atoms with Gasteiger partial charge in [-0.2, -0.15) is 0 Å². The summed E-state index contributed by atoms with van der Waals surface area (Å²) >= 11 is 0. The van der Waals surface area contributed by atoms with E-state index in [4.69, 9.17) is 5.73 Å². The summed E-state index contributed by atoms with van der Waals surface area (Å²) in [4.78, 5) is 37.0. The van der Waals surface area contributed by atoms with Gasteiger partial charge in [0.1, 0.15) is 11.6 Å². The predicted octanol–water partition coefficient (Wildman–Crippen LogP) is 1.97. The van der Waals surface area contributed by atoms with Gasteiger partial charge in [0.2, 0.25) is 5.91 Å². The molecule has 0 saturated carbocycles. The molecule has 1 aromatic heterocycles. The van der Waals surface area contributed by atoms with Crippen molar-refractivity contribution in [3.8, 4) is 0 Å². The number of aryl methyl sites for hydroxylation is 1. The molecule has 7 nitrogen and oxygen atoms in total. The number of carbonyl (C=O) groups excluding carboxylic acids is 2. The Bertz CT molecular complexity index is 840. The van der Waals surface area contributed by atoms with Crippen molar-refractivity contribution in [2.24, 2.45) is 5.73 Å². The molecule has 1 aliphatic heterocycles. The molecule has 0 bridgehead atoms. The summed E-state index contributed by atoms with van der Waals surface area (Å²) in [6.45, 7) is 8.83. The molecule has 0 atom stereocenters. The van der Waals surface area contributed by atoms with Gasteiger partial charge in [-0.25, -0.2) is 9.97 Å². The minimum atomic E-state index is -0.497. The van der Waals surface area contributed by atoms with Gasteiger partial charge in [0.15, 0.2) is 0 Å². The van der Waals surface area contributed by atoms with Gasteiger partial charge in [0.05, 0.1) is 0 Å². The lowest BCUT2D eigenvalue weighted by molar-refractivity contribution is 0.0746. The molecule has 0 aliphatic carbocycles. The highest BCUT2D eigenvalue weighted by Crippen LogP contribution is 2.19. The van der Waals surface area contributed by atoms with Crippen LogP contribution in [0.4, 0.5) is 5.82 Å². The minimum Gasteiger partial charge on any atom is -0.366 e. The summed E-state index contributed by atoms with van der Waals surface area (Å²) in [6, 6.07) is 8.47. The molecule has 1 aliphatic rings. The molecule has 7 heteroatoms. The van der Waals surface area contributed by atoms with Crippen molar-refractivity contribution in [1.29, 1.82) is 0 Å². The average molecular weight is 367 g/mol. The van der Waals surface area contributed by atoms with Gasteiger partial charge in [0, 0.05) is 55.0 Å². The molecule has 0 spiro atoms. The highest BCUT2D eigenvalue weighted by Gasteiger charge is 2.23. The zero-order valence-electron chi connectivity index (χ0n) is 16.0. The van der Waals surface area contributed by atoms with E-state index in [2.05, 4.69) is 28.7 Å². The minimum absolute atomic E-state index is 0.0348. The van der Waals surface area contributed by atoms with Crippen LogP contribution in [-0.2, 0) is 0 Å². The summed E-state index contributed by atoms with van der Waals surface area (Å²) in [5.74, 6) is 1.51. The molecule has 3 rings (SSSR count). The third kappa shape index (κ3) is 4.24. The number of rotatable bonds is 4. The topological polar surface area (TPSA) is 92.4 Å². The normalized spacial score (nSPS) is 14.5. The van der Waals surface area contributed by atoms with Gasteiger partial charge < -0.3 is 15.5 Å². The Morgan fingerprint density at radius 2 is 1.59 bits per heavy atom. The van der Waals surface area contributed by atoms with Gasteiger partial charge in [-0.15, -0.1) is 0 Å². The number of hydrogen-bond donors (Lipinski definition) is 1. The van der Waals surface area contributed by atoms with Gasteiger partial charge in [-0.3, -0.25) is 9.59 Å². The number of primary amides is 1. The van der Waals surface area contributed by atoms with Crippen LogP contribution in [0.15, 0.2) is 30.3 Å². The zero-order chi connectivity index (χ0) is 19.6. The van der Waals surface area contributed by atoms with E-state index in [0.717, 1.165) is 30.4 Å². The molecule has 2 heterocycles. The maximum atomic E-state index is 12.7. The van der Waals surface area contributed by atoms with Crippen LogP contribution in [-0.4, -0.2) is 52.9 Å². The van der Waals surface area contributed by atoms with E-state index in [1.54, 1.807) is 24.3 Å². The first-order valence-corrected chi connectivity index (χ1v) is 9.15. The van der Waals surface area contributed by atoms with Crippen LogP contribution in [0.5, 0.6) is 0 Å². The van der Waals surface area contributed by atoms with Crippen LogP contribution in [0, 0.1) is 6.92 Å². The molecule has 1 saturated heterocycles. The molecule has 1 fully saturated rings. The number of nitrogens with zero attached hydrogens (tertiary/aromatic N) is 4.